The number of amides is 1. The molecule has 0 radical (unpaired) electrons. The number of esters is 1. The van der Waals surface area contributed by atoms with Crippen molar-refractivity contribution < 1.29 is 18.7 Å². The Labute approximate surface area is 176 Å². The average Bonchev–Trinajstić information content (AvgIpc) is 3.29. The predicted molar refractivity (Wildman–Crippen MR) is 111 cm³/mol. The molecule has 3 rings (SSSR count). The van der Waals surface area contributed by atoms with Crippen LogP contribution in [0.25, 0.3) is 11.8 Å². The number of benzene rings is 1. The maximum absolute atomic E-state index is 13.1. The van der Waals surface area contributed by atoms with Gasteiger partial charge in [-0.1, -0.05) is 0 Å². The lowest BCUT2D eigenvalue weighted by Crippen LogP contribution is -2.20. The zero-order chi connectivity index (χ0) is 21.7. The van der Waals surface area contributed by atoms with Gasteiger partial charge in [-0.25, -0.2) is 13.9 Å². The number of carbonyl (C=O) groups excluding carboxylic acids is 2. The normalized spacial score (nSPS) is 10.7. The standard InChI is InChI=1S/C21H17FN4O3S/c1-13-18(14(2)26(25-13)17-5-3-16(22)4-6-17)7-8-20(28)29-12-19(27)24-21-15(11-23)9-10-30-21/h3-10H,12H2,1-2H3,(H,24,27)/b8-7+. The molecule has 9 heteroatoms. The first-order valence-electron chi connectivity index (χ1n) is 8.83. The molecule has 7 nitrogen and oxygen atoms in total. The first-order chi connectivity index (χ1) is 14.4. The van der Waals surface area contributed by atoms with Crippen LogP contribution in [0.3, 0.4) is 0 Å². The first-order valence-corrected chi connectivity index (χ1v) is 9.71. The van der Waals surface area contributed by atoms with Gasteiger partial charge in [0.1, 0.15) is 16.9 Å². The summed E-state index contributed by atoms with van der Waals surface area (Å²) in [4.78, 5) is 23.9. The second kappa shape index (κ2) is 9.15. The van der Waals surface area contributed by atoms with Gasteiger partial charge < -0.3 is 10.1 Å². The highest BCUT2D eigenvalue weighted by atomic mass is 32.1. The molecular formula is C21H17FN4O3S. The van der Waals surface area contributed by atoms with E-state index >= 15 is 0 Å². The number of nitrogens with zero attached hydrogens (tertiary/aromatic N) is 3. The van der Waals surface area contributed by atoms with Crippen LogP contribution < -0.4 is 5.32 Å². The van der Waals surface area contributed by atoms with Crippen LogP contribution in [-0.4, -0.2) is 28.3 Å². The van der Waals surface area contributed by atoms with E-state index in [1.807, 2.05) is 13.0 Å². The van der Waals surface area contributed by atoms with Crippen molar-refractivity contribution >= 4 is 34.3 Å². The molecule has 0 saturated carbocycles. The number of halogens is 1. The fraction of sp³-hybridized carbons (Fsp3) is 0.143. The third kappa shape index (κ3) is 4.79. The van der Waals surface area contributed by atoms with Gasteiger partial charge >= 0.3 is 5.97 Å². The van der Waals surface area contributed by atoms with Gasteiger partial charge in [0.25, 0.3) is 5.91 Å². The number of thiophene rings is 1. The molecule has 1 aromatic carbocycles. The molecular weight excluding hydrogens is 407 g/mol. The molecule has 0 saturated heterocycles. The van der Waals surface area contributed by atoms with Crippen LogP contribution >= 0.6 is 11.3 Å². The Morgan fingerprint density at radius 3 is 2.73 bits per heavy atom. The average molecular weight is 424 g/mol. The summed E-state index contributed by atoms with van der Waals surface area (Å²) in [7, 11) is 0. The van der Waals surface area contributed by atoms with E-state index in [1.165, 1.54) is 29.5 Å². The lowest BCUT2D eigenvalue weighted by atomic mass is 10.2. The van der Waals surface area contributed by atoms with Crippen LogP contribution in [0.2, 0.25) is 0 Å². The highest BCUT2D eigenvalue weighted by Gasteiger charge is 2.13. The molecule has 0 unspecified atom stereocenters. The molecule has 0 aliphatic carbocycles. The number of nitrogens with one attached hydrogen (secondary N) is 1. The summed E-state index contributed by atoms with van der Waals surface area (Å²) in [5.74, 6) is -1.56. The SMILES string of the molecule is Cc1nn(-c2ccc(F)cc2)c(C)c1/C=C/C(=O)OCC(=O)Nc1sccc1C#N. The second-order valence-corrected chi connectivity index (χ2v) is 7.15. The summed E-state index contributed by atoms with van der Waals surface area (Å²) in [5, 5.41) is 18.0. The van der Waals surface area contributed by atoms with Gasteiger partial charge in [0.15, 0.2) is 6.61 Å². The van der Waals surface area contributed by atoms with Gasteiger partial charge in [-0.05, 0) is 55.6 Å². The number of aromatic nitrogens is 2. The van der Waals surface area contributed by atoms with Crippen molar-refractivity contribution in [3.05, 3.63) is 70.1 Å². The van der Waals surface area contributed by atoms with E-state index in [1.54, 1.807) is 41.3 Å². The highest BCUT2D eigenvalue weighted by molar-refractivity contribution is 7.14. The lowest BCUT2D eigenvalue weighted by molar-refractivity contribution is -0.142. The van der Waals surface area contributed by atoms with E-state index in [2.05, 4.69) is 10.4 Å². The molecule has 0 spiro atoms. The topological polar surface area (TPSA) is 97.0 Å². The number of anilines is 1. The van der Waals surface area contributed by atoms with E-state index < -0.39 is 18.5 Å². The minimum absolute atomic E-state index is 0.338. The molecule has 2 aromatic heterocycles. The van der Waals surface area contributed by atoms with Crippen molar-refractivity contribution in [1.29, 1.82) is 5.26 Å². The van der Waals surface area contributed by atoms with Crippen molar-refractivity contribution in [2.75, 3.05) is 11.9 Å². The number of hydrogen-bond acceptors (Lipinski definition) is 6. The molecule has 0 aliphatic rings. The maximum atomic E-state index is 13.1. The Balaban J connectivity index is 1.61. The number of nitriles is 1. The number of rotatable bonds is 6. The van der Waals surface area contributed by atoms with E-state index in [-0.39, 0.29) is 5.82 Å². The second-order valence-electron chi connectivity index (χ2n) is 6.24. The molecule has 2 heterocycles. The predicted octanol–water partition coefficient (Wildman–Crippen LogP) is 3.76. The highest BCUT2D eigenvalue weighted by Crippen LogP contribution is 2.22. The summed E-state index contributed by atoms with van der Waals surface area (Å²) in [6.45, 7) is 3.15. The molecule has 0 fully saturated rings. The molecule has 3 aromatic rings. The first kappa shape index (κ1) is 21.0. The van der Waals surface area contributed by atoms with Crippen LogP contribution in [0.5, 0.6) is 0 Å². The molecule has 0 bridgehead atoms. The Hall–Kier alpha value is -3.77. The van der Waals surface area contributed by atoms with Crippen molar-refractivity contribution in [1.82, 2.24) is 9.78 Å². The fourth-order valence-electron chi connectivity index (χ4n) is 2.72. The fourth-order valence-corrected chi connectivity index (χ4v) is 3.48. The van der Waals surface area contributed by atoms with Gasteiger partial charge in [-0.15, -0.1) is 11.3 Å². The molecule has 1 N–H and O–H groups in total. The van der Waals surface area contributed by atoms with Crippen LogP contribution in [0.1, 0.15) is 22.5 Å². The van der Waals surface area contributed by atoms with E-state index in [4.69, 9.17) is 10.00 Å². The Kier molecular flexibility index (Phi) is 6.39. The summed E-state index contributed by atoms with van der Waals surface area (Å²) >= 11 is 1.21. The van der Waals surface area contributed by atoms with Gasteiger partial charge in [0.2, 0.25) is 0 Å². The van der Waals surface area contributed by atoms with Crippen molar-refractivity contribution in [2.45, 2.75) is 13.8 Å². The molecule has 30 heavy (non-hydrogen) atoms. The Morgan fingerprint density at radius 1 is 1.30 bits per heavy atom. The van der Waals surface area contributed by atoms with Crippen molar-refractivity contribution in [3.63, 3.8) is 0 Å². The van der Waals surface area contributed by atoms with E-state index in [9.17, 15) is 14.0 Å². The number of carbonyl (C=O) groups is 2. The number of hydrogen-bond donors (Lipinski definition) is 1. The monoisotopic (exact) mass is 424 g/mol. The smallest absolute Gasteiger partial charge is 0.331 e. The third-order valence-electron chi connectivity index (χ3n) is 4.19. The van der Waals surface area contributed by atoms with Crippen LogP contribution in [0.15, 0.2) is 41.8 Å². The van der Waals surface area contributed by atoms with Crippen LogP contribution in [0, 0.1) is 31.0 Å². The van der Waals surface area contributed by atoms with Gasteiger partial charge in [0.05, 0.1) is 16.9 Å². The van der Waals surface area contributed by atoms with Gasteiger partial charge in [0, 0.05) is 17.3 Å². The van der Waals surface area contributed by atoms with Gasteiger partial charge in [-0.3, -0.25) is 4.79 Å². The number of ether oxygens (including phenoxy) is 1. The number of aryl methyl sites for hydroxylation is 1. The van der Waals surface area contributed by atoms with Crippen molar-refractivity contribution in [3.8, 4) is 11.8 Å². The molecule has 1 amide bonds. The maximum Gasteiger partial charge on any atom is 0.331 e. The van der Waals surface area contributed by atoms with E-state index in [0.29, 0.717) is 21.9 Å². The quantitative estimate of drug-likeness (QED) is 0.480. The zero-order valence-corrected chi connectivity index (χ0v) is 17.0. The summed E-state index contributed by atoms with van der Waals surface area (Å²) in [6, 6.07) is 9.47. The zero-order valence-electron chi connectivity index (χ0n) is 16.2. The largest absolute Gasteiger partial charge is 0.452 e. The van der Waals surface area contributed by atoms with Crippen molar-refractivity contribution in [2.24, 2.45) is 0 Å². The Morgan fingerprint density at radius 2 is 2.03 bits per heavy atom. The third-order valence-corrected chi connectivity index (χ3v) is 5.02. The minimum Gasteiger partial charge on any atom is -0.452 e. The summed E-state index contributed by atoms with van der Waals surface area (Å²) < 4.78 is 19.7. The molecule has 152 valence electrons. The Bertz CT molecular complexity index is 1160. The molecule has 0 atom stereocenters. The minimum atomic E-state index is -0.690. The summed E-state index contributed by atoms with van der Waals surface area (Å²) in [5.41, 5.74) is 3.21. The lowest BCUT2D eigenvalue weighted by Gasteiger charge is -2.04. The summed E-state index contributed by atoms with van der Waals surface area (Å²) in [6.07, 6.45) is 2.77. The van der Waals surface area contributed by atoms with Crippen LogP contribution in [-0.2, 0) is 14.3 Å². The van der Waals surface area contributed by atoms with E-state index in [0.717, 1.165) is 11.3 Å². The van der Waals surface area contributed by atoms with Crippen LogP contribution in [0.4, 0.5) is 9.39 Å². The van der Waals surface area contributed by atoms with Gasteiger partial charge in [-0.2, -0.15) is 10.4 Å². The molecule has 0 aliphatic heterocycles.